The highest BCUT2D eigenvalue weighted by Gasteiger charge is 1.91. The van der Waals surface area contributed by atoms with E-state index >= 15 is 0 Å². The molecule has 1 rings (SSSR count). The second-order valence-electron chi connectivity index (χ2n) is 2.07. The third-order valence-corrected chi connectivity index (χ3v) is 1.20. The van der Waals surface area contributed by atoms with Crippen molar-refractivity contribution in [1.29, 1.82) is 0 Å². The van der Waals surface area contributed by atoms with Gasteiger partial charge in [0.15, 0.2) is 12.4 Å². The van der Waals surface area contributed by atoms with Crippen LogP contribution >= 0.6 is 0 Å². The van der Waals surface area contributed by atoms with E-state index in [4.69, 9.17) is 0 Å². The molecule has 0 aliphatic carbocycles. The van der Waals surface area contributed by atoms with E-state index in [9.17, 15) is 0 Å². The van der Waals surface area contributed by atoms with Crippen molar-refractivity contribution in [3.63, 3.8) is 0 Å². The molecule has 0 bridgehead atoms. The molecule has 0 saturated heterocycles. The first kappa shape index (κ1) is 6.02. The third-order valence-electron chi connectivity index (χ3n) is 1.20. The summed E-state index contributed by atoms with van der Waals surface area (Å²) >= 11 is 0. The lowest BCUT2D eigenvalue weighted by Crippen LogP contribution is -1.98. The maximum absolute atomic E-state index is 3.81. The second-order valence-corrected chi connectivity index (χ2v) is 2.07. The molecule has 0 aromatic carbocycles. The highest BCUT2D eigenvalue weighted by molar-refractivity contribution is 5.59. The van der Waals surface area contributed by atoms with E-state index in [1.165, 1.54) is 0 Å². The number of allylic oxidation sites excluding steroid dienone is 1. The normalized spacial score (nSPS) is 9.00. The van der Waals surface area contributed by atoms with Gasteiger partial charge in [0, 0.05) is 11.6 Å². The largest absolute Gasteiger partial charge is 0.217 e. The zero-order chi connectivity index (χ0) is 6.69. The molecule has 0 aliphatic rings. The van der Waals surface area contributed by atoms with Gasteiger partial charge in [-0.2, -0.15) is 0 Å². The lowest BCUT2D eigenvalue weighted by Gasteiger charge is -1.90. The Morgan fingerprint density at radius 1 is 1.67 bits per heavy atom. The Balaban J connectivity index is 2.98. The van der Waals surface area contributed by atoms with Gasteiger partial charge in [0.05, 0.1) is 0 Å². The van der Waals surface area contributed by atoms with E-state index in [0.717, 1.165) is 11.1 Å². The quantitative estimate of drug-likeness (QED) is 0.533. The molecule has 0 fully saturated rings. The maximum atomic E-state index is 3.81. The van der Waals surface area contributed by atoms with Gasteiger partial charge in [-0.15, -0.1) is 0 Å². The summed E-state index contributed by atoms with van der Waals surface area (Å²) in [6.45, 7) is 5.79. The van der Waals surface area contributed by atoms with Crippen LogP contribution in [-0.2, 0) is 0 Å². The summed E-state index contributed by atoms with van der Waals surface area (Å²) < 4.78 is 0. The standard InChI is InChI=1S/C8H9N/c1-7(2)8-4-3-5-9-6-8/h3-6H,1H2,2H3/p+1. The van der Waals surface area contributed by atoms with Gasteiger partial charge in [0.2, 0.25) is 0 Å². The molecule has 1 heteroatoms. The summed E-state index contributed by atoms with van der Waals surface area (Å²) in [4.78, 5) is 2.98. The van der Waals surface area contributed by atoms with Crippen LogP contribution in [0.5, 0.6) is 0 Å². The fourth-order valence-electron chi connectivity index (χ4n) is 0.659. The number of hydrogen-bond acceptors (Lipinski definition) is 0. The fourth-order valence-corrected chi connectivity index (χ4v) is 0.659. The Labute approximate surface area is 55.1 Å². The van der Waals surface area contributed by atoms with Gasteiger partial charge in [-0.05, 0) is 18.6 Å². The minimum absolute atomic E-state index is 1.09. The van der Waals surface area contributed by atoms with Gasteiger partial charge in [-0.3, -0.25) is 0 Å². The molecule has 1 N–H and O–H groups in total. The summed E-state index contributed by atoms with van der Waals surface area (Å²) in [5.74, 6) is 0. The van der Waals surface area contributed by atoms with Crippen molar-refractivity contribution in [2.24, 2.45) is 0 Å². The van der Waals surface area contributed by atoms with Gasteiger partial charge in [-0.1, -0.05) is 6.58 Å². The summed E-state index contributed by atoms with van der Waals surface area (Å²) in [6, 6.07) is 3.99. The zero-order valence-electron chi connectivity index (χ0n) is 5.52. The van der Waals surface area contributed by atoms with Gasteiger partial charge in [0.1, 0.15) is 0 Å². The van der Waals surface area contributed by atoms with Crippen LogP contribution in [0.3, 0.4) is 0 Å². The van der Waals surface area contributed by atoms with Crippen molar-refractivity contribution in [3.05, 3.63) is 36.7 Å². The molecule has 0 aliphatic heterocycles. The smallest absolute Gasteiger partial charge is 0.174 e. The Kier molecular flexibility index (Phi) is 1.63. The van der Waals surface area contributed by atoms with Crippen LogP contribution in [0.25, 0.3) is 5.57 Å². The average Bonchev–Trinajstić information content (AvgIpc) is 1.90. The number of aromatic nitrogens is 1. The van der Waals surface area contributed by atoms with Crippen molar-refractivity contribution in [2.45, 2.75) is 6.92 Å². The monoisotopic (exact) mass is 120 g/mol. The Morgan fingerprint density at radius 3 is 2.78 bits per heavy atom. The summed E-state index contributed by atoms with van der Waals surface area (Å²) in [7, 11) is 0. The molecule has 46 valence electrons. The van der Waals surface area contributed by atoms with E-state index in [0.29, 0.717) is 0 Å². The average molecular weight is 120 g/mol. The van der Waals surface area contributed by atoms with Gasteiger partial charge in [0.25, 0.3) is 0 Å². The molecular formula is C8H10N+. The van der Waals surface area contributed by atoms with E-state index < -0.39 is 0 Å². The molecular weight excluding hydrogens is 110 g/mol. The van der Waals surface area contributed by atoms with Crippen LogP contribution in [0.2, 0.25) is 0 Å². The van der Waals surface area contributed by atoms with Gasteiger partial charge < -0.3 is 0 Å². The number of rotatable bonds is 1. The Hall–Kier alpha value is -1.11. The number of aromatic amines is 1. The molecule has 0 amide bonds. The van der Waals surface area contributed by atoms with Crippen molar-refractivity contribution in [3.8, 4) is 0 Å². The molecule has 0 radical (unpaired) electrons. The number of hydrogen-bond donors (Lipinski definition) is 0. The summed E-state index contributed by atoms with van der Waals surface area (Å²) in [5.41, 5.74) is 2.25. The Bertz CT molecular complexity index is 201. The van der Waals surface area contributed by atoms with E-state index in [-0.39, 0.29) is 0 Å². The molecule has 0 atom stereocenters. The SMILES string of the molecule is C=C(C)c1ccc[nH+]c1. The number of H-pyrrole nitrogens is 1. The number of nitrogens with one attached hydrogen (secondary N) is 1. The van der Waals surface area contributed by atoms with Gasteiger partial charge in [-0.25, -0.2) is 4.98 Å². The summed E-state index contributed by atoms with van der Waals surface area (Å²) in [5, 5.41) is 0. The first-order valence-electron chi connectivity index (χ1n) is 2.92. The van der Waals surface area contributed by atoms with Crippen LogP contribution in [-0.4, -0.2) is 0 Å². The third kappa shape index (κ3) is 1.39. The maximum Gasteiger partial charge on any atom is 0.174 e. The molecule has 0 spiro atoms. The van der Waals surface area contributed by atoms with Crippen molar-refractivity contribution >= 4 is 5.57 Å². The number of pyridine rings is 1. The van der Waals surface area contributed by atoms with Crippen LogP contribution in [0, 0.1) is 0 Å². The topological polar surface area (TPSA) is 14.1 Å². The van der Waals surface area contributed by atoms with Crippen molar-refractivity contribution in [2.75, 3.05) is 0 Å². The fraction of sp³-hybridized carbons (Fsp3) is 0.125. The van der Waals surface area contributed by atoms with Crippen LogP contribution < -0.4 is 4.98 Å². The molecule has 1 heterocycles. The van der Waals surface area contributed by atoms with E-state index in [1.54, 1.807) is 0 Å². The predicted octanol–water partition coefficient (Wildman–Crippen LogP) is 1.53. The minimum atomic E-state index is 1.09. The molecule has 0 unspecified atom stereocenters. The summed E-state index contributed by atoms with van der Waals surface area (Å²) in [6.07, 6.45) is 3.81. The molecule has 1 aromatic rings. The first-order valence-corrected chi connectivity index (χ1v) is 2.92. The van der Waals surface area contributed by atoms with Crippen LogP contribution in [0.15, 0.2) is 31.1 Å². The van der Waals surface area contributed by atoms with E-state index in [1.807, 2.05) is 31.5 Å². The lowest BCUT2D eigenvalue weighted by molar-refractivity contribution is -0.378. The van der Waals surface area contributed by atoms with Crippen molar-refractivity contribution in [1.82, 2.24) is 0 Å². The predicted molar refractivity (Wildman–Crippen MR) is 37.7 cm³/mol. The molecule has 9 heavy (non-hydrogen) atoms. The second kappa shape index (κ2) is 2.44. The Morgan fingerprint density at radius 2 is 2.44 bits per heavy atom. The van der Waals surface area contributed by atoms with Gasteiger partial charge >= 0.3 is 0 Å². The van der Waals surface area contributed by atoms with Crippen molar-refractivity contribution < 1.29 is 4.98 Å². The first-order chi connectivity index (χ1) is 4.30. The molecule has 1 nitrogen and oxygen atoms in total. The highest BCUT2D eigenvalue weighted by Crippen LogP contribution is 2.05. The minimum Gasteiger partial charge on any atom is -0.217 e. The van der Waals surface area contributed by atoms with E-state index in [2.05, 4.69) is 11.6 Å². The zero-order valence-corrected chi connectivity index (χ0v) is 5.52. The van der Waals surface area contributed by atoms with Crippen LogP contribution in [0.4, 0.5) is 0 Å². The lowest BCUT2D eigenvalue weighted by atomic mass is 10.2. The molecule has 0 saturated carbocycles. The highest BCUT2D eigenvalue weighted by atomic mass is 14.6. The molecule has 1 aromatic heterocycles. The van der Waals surface area contributed by atoms with Crippen LogP contribution in [0.1, 0.15) is 12.5 Å².